The lowest BCUT2D eigenvalue weighted by atomic mass is 10.1. The van der Waals surface area contributed by atoms with Crippen molar-refractivity contribution >= 4 is 28.3 Å². The molecule has 2 aromatic rings. The highest BCUT2D eigenvalue weighted by Gasteiger charge is 2.06. The first kappa shape index (κ1) is 10.8. The maximum Gasteiger partial charge on any atom is 0.255 e. The number of ether oxygens (including phenoxy) is 1. The first-order valence-electron chi connectivity index (χ1n) is 4.77. The fraction of sp³-hybridized carbons (Fsp3) is 0.0833. The summed E-state index contributed by atoms with van der Waals surface area (Å²) < 4.78 is 5.20. The Labute approximate surface area is 97.8 Å². The van der Waals surface area contributed by atoms with E-state index in [2.05, 4.69) is 0 Å². The highest BCUT2D eigenvalue weighted by molar-refractivity contribution is 6.37. The second-order valence-electron chi connectivity index (χ2n) is 3.35. The molecule has 4 heteroatoms. The summed E-state index contributed by atoms with van der Waals surface area (Å²) in [5.74, 6) is -0.0524. The molecule has 0 saturated carbocycles. The van der Waals surface area contributed by atoms with E-state index in [1.807, 2.05) is 30.3 Å². The fourth-order valence-electron chi connectivity index (χ4n) is 1.47. The molecule has 0 aromatic heterocycles. The van der Waals surface area contributed by atoms with Gasteiger partial charge in [0.2, 0.25) is 0 Å². The second-order valence-corrected chi connectivity index (χ2v) is 3.73. The summed E-state index contributed by atoms with van der Waals surface area (Å²) in [6, 6.07) is 11.3. The molecule has 2 rings (SSSR count). The van der Waals surface area contributed by atoms with Crippen LogP contribution in [0.3, 0.4) is 0 Å². The summed E-state index contributed by atoms with van der Waals surface area (Å²) in [4.78, 5) is 10.6. The predicted octanol–water partition coefficient (Wildman–Crippen LogP) is 2.36. The van der Waals surface area contributed by atoms with Gasteiger partial charge < -0.3 is 10.5 Å². The maximum atomic E-state index is 10.6. The molecule has 0 bridgehead atoms. The van der Waals surface area contributed by atoms with Crippen LogP contribution in [0.25, 0.3) is 10.8 Å². The van der Waals surface area contributed by atoms with Crippen LogP contribution in [0, 0.1) is 0 Å². The zero-order valence-electron chi connectivity index (χ0n) is 8.44. The van der Waals surface area contributed by atoms with Crippen LogP contribution in [0.5, 0.6) is 5.75 Å². The summed E-state index contributed by atoms with van der Waals surface area (Å²) in [6.07, 6.45) is 0. The number of rotatable bonds is 3. The Morgan fingerprint density at radius 2 is 2.00 bits per heavy atom. The van der Waals surface area contributed by atoms with Gasteiger partial charge in [-0.3, -0.25) is 4.79 Å². The van der Waals surface area contributed by atoms with E-state index < -0.39 is 5.91 Å². The van der Waals surface area contributed by atoms with Crippen molar-refractivity contribution < 1.29 is 9.53 Å². The predicted molar refractivity (Wildman–Crippen MR) is 63.6 cm³/mol. The zero-order valence-corrected chi connectivity index (χ0v) is 9.20. The van der Waals surface area contributed by atoms with Gasteiger partial charge >= 0.3 is 0 Å². The zero-order chi connectivity index (χ0) is 11.5. The maximum absolute atomic E-state index is 10.6. The van der Waals surface area contributed by atoms with Gasteiger partial charge in [-0.05, 0) is 11.5 Å². The van der Waals surface area contributed by atoms with Gasteiger partial charge in [0.1, 0.15) is 5.75 Å². The van der Waals surface area contributed by atoms with E-state index in [0.29, 0.717) is 10.8 Å². The number of primary amides is 1. The number of carbonyl (C=O) groups excluding carboxylic acids is 1. The van der Waals surface area contributed by atoms with Crippen molar-refractivity contribution in [2.75, 3.05) is 6.61 Å². The summed E-state index contributed by atoms with van der Waals surface area (Å²) in [7, 11) is 0. The van der Waals surface area contributed by atoms with Crippen molar-refractivity contribution in [3.63, 3.8) is 0 Å². The molecule has 0 spiro atoms. The molecule has 1 amide bonds. The second kappa shape index (κ2) is 4.41. The minimum Gasteiger partial charge on any atom is -0.482 e. The van der Waals surface area contributed by atoms with Gasteiger partial charge in [0.05, 0.1) is 5.02 Å². The molecule has 2 N–H and O–H groups in total. The van der Waals surface area contributed by atoms with Crippen LogP contribution in [0.1, 0.15) is 0 Å². The van der Waals surface area contributed by atoms with E-state index in [4.69, 9.17) is 22.1 Å². The smallest absolute Gasteiger partial charge is 0.255 e. The normalized spacial score (nSPS) is 10.3. The number of benzene rings is 2. The van der Waals surface area contributed by atoms with Crippen LogP contribution in [-0.4, -0.2) is 12.5 Å². The molecule has 16 heavy (non-hydrogen) atoms. The van der Waals surface area contributed by atoms with Crippen molar-refractivity contribution in [1.29, 1.82) is 0 Å². The Hall–Kier alpha value is -1.74. The monoisotopic (exact) mass is 235 g/mol. The van der Waals surface area contributed by atoms with Gasteiger partial charge in [0.25, 0.3) is 5.91 Å². The molecule has 0 aliphatic carbocycles. The highest BCUT2D eigenvalue weighted by Crippen LogP contribution is 2.32. The third-order valence-corrected chi connectivity index (χ3v) is 2.59. The van der Waals surface area contributed by atoms with E-state index in [9.17, 15) is 4.79 Å². The van der Waals surface area contributed by atoms with Crippen LogP contribution >= 0.6 is 11.6 Å². The number of nitrogens with two attached hydrogens (primary N) is 1. The van der Waals surface area contributed by atoms with E-state index in [-0.39, 0.29) is 6.61 Å². The van der Waals surface area contributed by atoms with Crippen molar-refractivity contribution in [1.82, 2.24) is 0 Å². The number of fused-ring (bicyclic) bond motifs is 1. The van der Waals surface area contributed by atoms with Gasteiger partial charge in [-0.25, -0.2) is 0 Å². The number of hydrogen-bond acceptors (Lipinski definition) is 2. The summed E-state index contributed by atoms with van der Waals surface area (Å²) in [5.41, 5.74) is 5.00. The van der Waals surface area contributed by atoms with Gasteiger partial charge in [0, 0.05) is 5.39 Å². The molecule has 0 fully saturated rings. The number of amides is 1. The lowest BCUT2D eigenvalue weighted by Crippen LogP contribution is -2.20. The van der Waals surface area contributed by atoms with Crippen LogP contribution < -0.4 is 10.5 Å². The molecule has 0 saturated heterocycles. The van der Waals surface area contributed by atoms with Gasteiger partial charge in [-0.15, -0.1) is 0 Å². The van der Waals surface area contributed by atoms with Crippen molar-refractivity contribution in [3.8, 4) is 5.75 Å². The Kier molecular flexibility index (Phi) is 2.97. The van der Waals surface area contributed by atoms with Crippen molar-refractivity contribution in [3.05, 3.63) is 41.4 Å². The van der Waals surface area contributed by atoms with Crippen LogP contribution in [0.4, 0.5) is 0 Å². The molecule has 0 unspecified atom stereocenters. The largest absolute Gasteiger partial charge is 0.482 e. The van der Waals surface area contributed by atoms with Crippen LogP contribution in [-0.2, 0) is 4.79 Å². The summed E-state index contributed by atoms with van der Waals surface area (Å²) in [5, 5.41) is 2.42. The van der Waals surface area contributed by atoms with E-state index in [1.165, 1.54) is 0 Å². The Morgan fingerprint density at radius 3 is 2.75 bits per heavy atom. The molecule has 82 valence electrons. The molecule has 2 aromatic carbocycles. The molecule has 0 atom stereocenters. The highest BCUT2D eigenvalue weighted by atomic mass is 35.5. The molecule has 0 aliphatic heterocycles. The standard InChI is InChI=1S/C12H10ClNO2/c13-12-9-4-2-1-3-8(9)5-6-10(12)16-7-11(14)15/h1-6H,7H2,(H2,14,15). The quantitative estimate of drug-likeness (QED) is 0.888. The first-order valence-corrected chi connectivity index (χ1v) is 5.14. The number of halogens is 1. The topological polar surface area (TPSA) is 52.3 Å². The van der Waals surface area contributed by atoms with E-state index >= 15 is 0 Å². The molecule has 3 nitrogen and oxygen atoms in total. The third kappa shape index (κ3) is 2.09. The van der Waals surface area contributed by atoms with Crippen LogP contribution in [0.15, 0.2) is 36.4 Å². The van der Waals surface area contributed by atoms with Crippen molar-refractivity contribution in [2.45, 2.75) is 0 Å². The summed E-state index contributed by atoms with van der Waals surface area (Å²) in [6.45, 7) is -0.169. The lowest BCUT2D eigenvalue weighted by molar-refractivity contribution is -0.119. The Bertz CT molecular complexity index is 540. The SMILES string of the molecule is NC(=O)COc1ccc2ccccc2c1Cl. The Balaban J connectivity index is 2.40. The Morgan fingerprint density at radius 1 is 1.25 bits per heavy atom. The summed E-state index contributed by atoms with van der Waals surface area (Å²) >= 11 is 6.15. The average molecular weight is 236 g/mol. The average Bonchev–Trinajstić information content (AvgIpc) is 2.28. The molecule has 0 heterocycles. The number of hydrogen-bond donors (Lipinski definition) is 1. The van der Waals surface area contributed by atoms with Gasteiger partial charge in [-0.1, -0.05) is 41.9 Å². The molecular weight excluding hydrogens is 226 g/mol. The van der Waals surface area contributed by atoms with E-state index in [0.717, 1.165) is 10.8 Å². The third-order valence-electron chi connectivity index (χ3n) is 2.20. The lowest BCUT2D eigenvalue weighted by Gasteiger charge is -2.08. The molecule has 0 aliphatic rings. The molecular formula is C12H10ClNO2. The molecule has 0 radical (unpaired) electrons. The van der Waals surface area contributed by atoms with Gasteiger partial charge in [0.15, 0.2) is 6.61 Å². The number of carbonyl (C=O) groups is 1. The first-order chi connectivity index (χ1) is 7.68. The fourth-order valence-corrected chi connectivity index (χ4v) is 1.76. The van der Waals surface area contributed by atoms with Crippen LogP contribution in [0.2, 0.25) is 5.02 Å². The van der Waals surface area contributed by atoms with Gasteiger partial charge in [-0.2, -0.15) is 0 Å². The minimum absolute atomic E-state index is 0.169. The minimum atomic E-state index is -0.524. The van der Waals surface area contributed by atoms with E-state index in [1.54, 1.807) is 6.07 Å². The van der Waals surface area contributed by atoms with Crippen molar-refractivity contribution in [2.24, 2.45) is 5.73 Å².